The molecule has 0 spiro atoms. The molecule has 0 aromatic heterocycles. The molecule has 0 unspecified atom stereocenters. The van der Waals surface area contributed by atoms with Gasteiger partial charge < -0.3 is 10.2 Å². The largest absolute Gasteiger partial charge is 0.508 e. The minimum absolute atomic E-state index is 0.421. The van der Waals surface area contributed by atoms with Crippen molar-refractivity contribution in [2.45, 2.75) is 105 Å². The maximum atomic E-state index is 11.2. The molecule has 1 aromatic rings. The number of aromatic hydroxyl groups is 1. The van der Waals surface area contributed by atoms with Crippen LogP contribution in [-0.4, -0.2) is 16.2 Å². The number of phenolic OH excluding ortho intramolecular Hbond substituents is 1. The van der Waals surface area contributed by atoms with Gasteiger partial charge in [0.15, 0.2) is 0 Å². The molecule has 0 aliphatic heterocycles. The van der Waals surface area contributed by atoms with Gasteiger partial charge in [-0.25, -0.2) is 0 Å². The van der Waals surface area contributed by atoms with Crippen molar-refractivity contribution in [3.05, 3.63) is 29.3 Å². The van der Waals surface area contributed by atoms with Crippen molar-refractivity contribution >= 4 is 5.97 Å². The van der Waals surface area contributed by atoms with Gasteiger partial charge >= 0.3 is 5.97 Å². The van der Waals surface area contributed by atoms with Gasteiger partial charge in [-0.05, 0) is 75.0 Å². The molecule has 2 N–H and O–H groups in total. The van der Waals surface area contributed by atoms with E-state index in [-0.39, 0.29) is 0 Å². The van der Waals surface area contributed by atoms with Crippen LogP contribution in [-0.2, 0) is 17.6 Å². The van der Waals surface area contributed by atoms with E-state index in [1.54, 1.807) is 19.9 Å². The van der Waals surface area contributed by atoms with Crippen LogP contribution in [0.15, 0.2) is 18.2 Å². The Hall–Kier alpha value is -1.51. The molecule has 0 heterocycles. The molecule has 0 atom stereocenters. The van der Waals surface area contributed by atoms with Gasteiger partial charge in [-0.2, -0.15) is 0 Å². The normalized spacial score (nSPS) is 12.3. The maximum absolute atomic E-state index is 11.2. The monoisotopic (exact) mass is 390 g/mol. The first-order valence-corrected chi connectivity index (χ1v) is 11.1. The van der Waals surface area contributed by atoms with Crippen LogP contribution in [0.1, 0.15) is 104 Å². The second-order valence-electron chi connectivity index (χ2n) is 10.1. The highest BCUT2D eigenvalue weighted by atomic mass is 16.4. The van der Waals surface area contributed by atoms with Crippen molar-refractivity contribution in [2.75, 3.05) is 0 Å². The smallest absolute Gasteiger partial charge is 0.309 e. The van der Waals surface area contributed by atoms with Crippen LogP contribution < -0.4 is 0 Å². The summed E-state index contributed by atoms with van der Waals surface area (Å²) < 4.78 is 0. The molecule has 28 heavy (non-hydrogen) atoms. The SMILES string of the molecule is CC(C)(C)CCCCCCc1c(O)cccc1CCCCCC(C)(C)C(=O)O. The van der Waals surface area contributed by atoms with Gasteiger partial charge in [0.25, 0.3) is 0 Å². The molecule has 0 amide bonds. The first-order valence-electron chi connectivity index (χ1n) is 11.1. The lowest BCUT2D eigenvalue weighted by molar-refractivity contribution is -0.147. The van der Waals surface area contributed by atoms with Gasteiger partial charge in [-0.1, -0.05) is 65.0 Å². The Kier molecular flexibility index (Phi) is 10.1. The van der Waals surface area contributed by atoms with Crippen LogP contribution in [0.4, 0.5) is 0 Å². The molecule has 0 fully saturated rings. The number of phenols is 1. The van der Waals surface area contributed by atoms with E-state index in [1.165, 1.54) is 31.2 Å². The number of aryl methyl sites for hydroxylation is 1. The quantitative estimate of drug-likeness (QED) is 0.352. The van der Waals surface area contributed by atoms with E-state index < -0.39 is 11.4 Å². The highest BCUT2D eigenvalue weighted by molar-refractivity contribution is 5.73. The predicted molar refractivity (Wildman–Crippen MR) is 118 cm³/mol. The molecule has 0 radical (unpaired) electrons. The highest BCUT2D eigenvalue weighted by Gasteiger charge is 2.25. The standard InChI is InChI=1S/C25H42O3/c1-24(2,3)18-11-7-6-10-16-21-20(15-13-17-22(21)26)14-9-8-12-19-25(4,5)23(27)28/h13,15,17,26H,6-12,14,16,18-19H2,1-5H3,(H,27,28). The molecule has 0 aliphatic carbocycles. The van der Waals surface area contributed by atoms with E-state index in [0.717, 1.165) is 44.1 Å². The Bertz CT molecular complexity index is 596. The predicted octanol–water partition coefficient (Wildman–Crippen LogP) is 7.15. The number of unbranched alkanes of at least 4 members (excludes halogenated alkanes) is 5. The summed E-state index contributed by atoms with van der Waals surface area (Å²) in [5.74, 6) is -0.288. The lowest BCUT2D eigenvalue weighted by Gasteiger charge is -2.18. The zero-order valence-electron chi connectivity index (χ0n) is 18.8. The van der Waals surface area contributed by atoms with Crippen LogP contribution in [0, 0.1) is 10.8 Å². The van der Waals surface area contributed by atoms with Gasteiger partial charge in [0.1, 0.15) is 5.75 Å². The first kappa shape index (κ1) is 24.5. The molecule has 3 heteroatoms. The summed E-state index contributed by atoms with van der Waals surface area (Å²) in [7, 11) is 0. The topological polar surface area (TPSA) is 57.5 Å². The van der Waals surface area contributed by atoms with Crippen LogP contribution in [0.5, 0.6) is 5.75 Å². The fraction of sp³-hybridized carbons (Fsp3) is 0.720. The Balaban J connectivity index is 2.39. The Labute approximate surface area is 172 Å². The maximum Gasteiger partial charge on any atom is 0.309 e. The van der Waals surface area contributed by atoms with Crippen LogP contribution >= 0.6 is 0 Å². The zero-order valence-corrected chi connectivity index (χ0v) is 18.8. The number of carbonyl (C=O) groups is 1. The van der Waals surface area contributed by atoms with E-state index in [4.69, 9.17) is 0 Å². The Morgan fingerprint density at radius 2 is 1.39 bits per heavy atom. The first-order chi connectivity index (χ1) is 13.0. The Morgan fingerprint density at radius 3 is 2.04 bits per heavy atom. The molecule has 0 saturated heterocycles. The summed E-state index contributed by atoms with van der Waals surface area (Å²) in [6, 6.07) is 5.87. The van der Waals surface area contributed by atoms with Crippen molar-refractivity contribution in [1.82, 2.24) is 0 Å². The van der Waals surface area contributed by atoms with E-state index in [0.29, 0.717) is 17.6 Å². The molecule has 1 aromatic carbocycles. The lowest BCUT2D eigenvalue weighted by atomic mass is 9.86. The highest BCUT2D eigenvalue weighted by Crippen LogP contribution is 2.28. The summed E-state index contributed by atoms with van der Waals surface area (Å²) in [5, 5.41) is 19.5. The van der Waals surface area contributed by atoms with Gasteiger partial charge in [-0.15, -0.1) is 0 Å². The molecule has 1 rings (SSSR count). The van der Waals surface area contributed by atoms with Gasteiger partial charge in [0.2, 0.25) is 0 Å². The summed E-state index contributed by atoms with van der Waals surface area (Å²) >= 11 is 0. The van der Waals surface area contributed by atoms with E-state index in [2.05, 4.69) is 26.8 Å². The zero-order chi connectivity index (χ0) is 21.2. The number of hydrogen-bond acceptors (Lipinski definition) is 2. The molecule has 160 valence electrons. The third kappa shape index (κ3) is 9.61. The van der Waals surface area contributed by atoms with Crippen LogP contribution in [0.2, 0.25) is 0 Å². The average Bonchev–Trinajstić information content (AvgIpc) is 2.58. The minimum atomic E-state index is -0.717. The van der Waals surface area contributed by atoms with Crippen LogP contribution in [0.3, 0.4) is 0 Å². The number of carboxylic acids is 1. The second-order valence-corrected chi connectivity index (χ2v) is 10.1. The summed E-state index contributed by atoms with van der Waals surface area (Å²) in [6.07, 6.45) is 11.8. The fourth-order valence-electron chi connectivity index (χ4n) is 3.62. The number of hydrogen-bond donors (Lipinski definition) is 2. The summed E-state index contributed by atoms with van der Waals surface area (Å²) in [4.78, 5) is 11.2. The summed E-state index contributed by atoms with van der Waals surface area (Å²) in [6.45, 7) is 10.5. The van der Waals surface area contributed by atoms with Gasteiger partial charge in [-0.3, -0.25) is 4.79 Å². The van der Waals surface area contributed by atoms with Crippen LogP contribution in [0.25, 0.3) is 0 Å². The van der Waals surface area contributed by atoms with E-state index >= 15 is 0 Å². The number of benzene rings is 1. The number of carboxylic acid groups (broad SMARTS) is 1. The second kappa shape index (κ2) is 11.5. The van der Waals surface area contributed by atoms with Crippen molar-refractivity contribution < 1.29 is 15.0 Å². The fourth-order valence-corrected chi connectivity index (χ4v) is 3.62. The molecule has 0 aliphatic rings. The number of rotatable bonds is 13. The van der Waals surface area contributed by atoms with Gasteiger partial charge in [0, 0.05) is 0 Å². The third-order valence-corrected chi connectivity index (χ3v) is 5.68. The van der Waals surface area contributed by atoms with Crippen molar-refractivity contribution in [3.8, 4) is 5.75 Å². The number of aliphatic carboxylic acids is 1. The molecule has 0 bridgehead atoms. The third-order valence-electron chi connectivity index (χ3n) is 5.68. The molecule has 3 nitrogen and oxygen atoms in total. The Morgan fingerprint density at radius 1 is 0.821 bits per heavy atom. The van der Waals surface area contributed by atoms with Crippen molar-refractivity contribution in [3.63, 3.8) is 0 Å². The lowest BCUT2D eigenvalue weighted by Crippen LogP contribution is -2.23. The summed E-state index contributed by atoms with van der Waals surface area (Å²) in [5.41, 5.74) is 2.16. The average molecular weight is 391 g/mol. The van der Waals surface area contributed by atoms with Crippen molar-refractivity contribution in [2.24, 2.45) is 10.8 Å². The molecular formula is C25H42O3. The van der Waals surface area contributed by atoms with E-state index in [9.17, 15) is 15.0 Å². The minimum Gasteiger partial charge on any atom is -0.508 e. The molecular weight excluding hydrogens is 348 g/mol. The van der Waals surface area contributed by atoms with Crippen molar-refractivity contribution in [1.29, 1.82) is 0 Å². The van der Waals surface area contributed by atoms with E-state index in [1.807, 2.05) is 6.07 Å². The molecule has 0 saturated carbocycles. The van der Waals surface area contributed by atoms with Gasteiger partial charge in [0.05, 0.1) is 5.41 Å².